The van der Waals surface area contributed by atoms with Crippen LogP contribution in [0.5, 0.6) is 0 Å². The normalized spacial score (nSPS) is 17.5. The molecular formula is C25H28FN3O3. The highest BCUT2D eigenvalue weighted by atomic mass is 19.1. The van der Waals surface area contributed by atoms with Crippen LogP contribution in [-0.4, -0.2) is 46.7 Å². The predicted octanol–water partition coefficient (Wildman–Crippen LogP) is 3.26. The van der Waals surface area contributed by atoms with Gasteiger partial charge >= 0.3 is 11.8 Å². The molecule has 0 atom stereocenters. The number of benzene rings is 2. The standard InChI is InChI=1S/C25H28FN3O3/c26-21-12-8-19(9-13-21)17-29-15-14-28(24(31)25(29)32)16-18-6-10-20(11-7-18)23(30)27-22-4-2-1-3-5-22/h6-13,22H,1-5,14-17H2,(H,27,30). The van der Waals surface area contributed by atoms with Crippen molar-refractivity contribution in [3.63, 3.8) is 0 Å². The minimum absolute atomic E-state index is 0.0656. The van der Waals surface area contributed by atoms with E-state index >= 15 is 0 Å². The van der Waals surface area contributed by atoms with Crippen molar-refractivity contribution in [2.75, 3.05) is 13.1 Å². The van der Waals surface area contributed by atoms with E-state index in [0.29, 0.717) is 25.2 Å². The first-order chi connectivity index (χ1) is 15.5. The average molecular weight is 438 g/mol. The van der Waals surface area contributed by atoms with Gasteiger partial charge in [-0.3, -0.25) is 14.4 Å². The molecule has 2 aromatic carbocycles. The molecule has 32 heavy (non-hydrogen) atoms. The number of hydrogen-bond acceptors (Lipinski definition) is 3. The number of nitrogens with zero attached hydrogens (tertiary/aromatic N) is 2. The minimum atomic E-state index is -0.552. The van der Waals surface area contributed by atoms with Gasteiger partial charge in [0, 0.05) is 37.8 Å². The number of nitrogens with one attached hydrogen (secondary N) is 1. The van der Waals surface area contributed by atoms with Crippen molar-refractivity contribution in [3.8, 4) is 0 Å². The van der Waals surface area contributed by atoms with Gasteiger partial charge in [-0.25, -0.2) is 4.39 Å². The molecule has 1 aliphatic heterocycles. The van der Waals surface area contributed by atoms with E-state index in [0.717, 1.165) is 36.8 Å². The molecule has 1 saturated carbocycles. The van der Waals surface area contributed by atoms with Gasteiger partial charge in [0.2, 0.25) is 0 Å². The first-order valence-electron chi connectivity index (χ1n) is 11.2. The predicted molar refractivity (Wildman–Crippen MR) is 118 cm³/mol. The summed E-state index contributed by atoms with van der Waals surface area (Å²) in [6.45, 7) is 1.45. The number of halogens is 1. The lowest BCUT2D eigenvalue weighted by molar-refractivity contribution is -0.156. The molecule has 0 aromatic heterocycles. The monoisotopic (exact) mass is 437 g/mol. The highest BCUT2D eigenvalue weighted by Crippen LogP contribution is 2.18. The van der Waals surface area contributed by atoms with E-state index in [1.54, 1.807) is 24.3 Å². The smallest absolute Gasteiger partial charge is 0.312 e. The summed E-state index contributed by atoms with van der Waals surface area (Å²) in [5, 5.41) is 3.10. The van der Waals surface area contributed by atoms with Crippen LogP contribution in [0.4, 0.5) is 4.39 Å². The van der Waals surface area contributed by atoms with Crippen molar-refractivity contribution in [1.82, 2.24) is 15.1 Å². The Morgan fingerprint density at radius 3 is 1.84 bits per heavy atom. The van der Waals surface area contributed by atoms with Gasteiger partial charge in [-0.2, -0.15) is 0 Å². The van der Waals surface area contributed by atoms with Crippen LogP contribution in [0.3, 0.4) is 0 Å². The molecule has 2 aliphatic rings. The fraction of sp³-hybridized carbons (Fsp3) is 0.400. The fourth-order valence-electron chi connectivity index (χ4n) is 4.32. The Morgan fingerprint density at radius 2 is 1.31 bits per heavy atom. The van der Waals surface area contributed by atoms with Crippen LogP contribution in [0.15, 0.2) is 48.5 Å². The van der Waals surface area contributed by atoms with Crippen LogP contribution in [0, 0.1) is 5.82 Å². The number of carbonyl (C=O) groups is 3. The SMILES string of the molecule is O=C(NC1CCCCC1)c1ccc(CN2CCN(Cc3ccc(F)cc3)C(=O)C2=O)cc1. The third-order valence-electron chi connectivity index (χ3n) is 6.21. The Labute approximate surface area is 187 Å². The third-order valence-corrected chi connectivity index (χ3v) is 6.21. The molecule has 1 saturated heterocycles. The molecule has 1 heterocycles. The van der Waals surface area contributed by atoms with Crippen molar-refractivity contribution in [2.45, 2.75) is 51.2 Å². The Bertz CT molecular complexity index is 969. The Balaban J connectivity index is 1.31. The van der Waals surface area contributed by atoms with Crippen LogP contribution in [0.1, 0.15) is 53.6 Å². The summed E-state index contributed by atoms with van der Waals surface area (Å²) < 4.78 is 13.1. The van der Waals surface area contributed by atoms with Crippen LogP contribution < -0.4 is 5.32 Å². The highest BCUT2D eigenvalue weighted by molar-refractivity contribution is 6.35. The van der Waals surface area contributed by atoms with Gasteiger partial charge in [-0.1, -0.05) is 43.5 Å². The molecule has 3 amide bonds. The lowest BCUT2D eigenvalue weighted by Gasteiger charge is -2.34. The molecular weight excluding hydrogens is 409 g/mol. The first kappa shape index (κ1) is 22.0. The topological polar surface area (TPSA) is 69.7 Å². The summed E-state index contributed by atoms with van der Waals surface area (Å²) in [6.07, 6.45) is 5.63. The van der Waals surface area contributed by atoms with Crippen molar-refractivity contribution >= 4 is 17.7 Å². The number of carbonyl (C=O) groups excluding carboxylic acids is 3. The second kappa shape index (κ2) is 9.94. The zero-order valence-corrected chi connectivity index (χ0v) is 18.1. The summed E-state index contributed by atoms with van der Waals surface area (Å²) >= 11 is 0. The maximum atomic E-state index is 13.1. The summed E-state index contributed by atoms with van der Waals surface area (Å²) in [5.74, 6) is -1.50. The molecule has 0 spiro atoms. The van der Waals surface area contributed by atoms with Crippen LogP contribution in [0.2, 0.25) is 0 Å². The second-order valence-corrected chi connectivity index (χ2v) is 8.59. The van der Waals surface area contributed by atoms with E-state index in [2.05, 4.69) is 5.32 Å². The summed E-state index contributed by atoms with van der Waals surface area (Å²) in [5.41, 5.74) is 2.25. The molecule has 0 radical (unpaired) electrons. The maximum Gasteiger partial charge on any atom is 0.312 e. The molecule has 6 nitrogen and oxygen atoms in total. The second-order valence-electron chi connectivity index (χ2n) is 8.59. The zero-order valence-electron chi connectivity index (χ0n) is 18.1. The quantitative estimate of drug-likeness (QED) is 0.706. The summed E-state index contributed by atoms with van der Waals surface area (Å²) in [4.78, 5) is 40.6. The Morgan fingerprint density at radius 1 is 0.812 bits per heavy atom. The summed E-state index contributed by atoms with van der Waals surface area (Å²) in [6, 6.07) is 13.4. The van der Waals surface area contributed by atoms with Gasteiger partial charge in [0.05, 0.1) is 0 Å². The number of piperazine rings is 1. The third kappa shape index (κ3) is 5.33. The number of rotatable bonds is 6. The largest absolute Gasteiger partial charge is 0.349 e. The van der Waals surface area contributed by atoms with Gasteiger partial charge in [0.25, 0.3) is 5.91 Å². The molecule has 0 bridgehead atoms. The van der Waals surface area contributed by atoms with Crippen molar-refractivity contribution in [3.05, 3.63) is 71.0 Å². The molecule has 0 unspecified atom stereocenters. The van der Waals surface area contributed by atoms with Crippen LogP contribution in [0.25, 0.3) is 0 Å². The van der Waals surface area contributed by atoms with E-state index < -0.39 is 11.8 Å². The van der Waals surface area contributed by atoms with Gasteiger partial charge in [-0.15, -0.1) is 0 Å². The van der Waals surface area contributed by atoms with Gasteiger partial charge in [0.15, 0.2) is 0 Å². The van der Waals surface area contributed by atoms with E-state index in [4.69, 9.17) is 0 Å². The molecule has 1 N–H and O–H groups in total. The summed E-state index contributed by atoms with van der Waals surface area (Å²) in [7, 11) is 0. The Hall–Kier alpha value is -3.22. The molecule has 7 heteroatoms. The van der Waals surface area contributed by atoms with Crippen LogP contribution in [-0.2, 0) is 22.7 Å². The van der Waals surface area contributed by atoms with E-state index in [1.807, 2.05) is 12.1 Å². The zero-order chi connectivity index (χ0) is 22.5. The highest BCUT2D eigenvalue weighted by Gasteiger charge is 2.32. The fourth-order valence-corrected chi connectivity index (χ4v) is 4.32. The van der Waals surface area contributed by atoms with E-state index in [9.17, 15) is 18.8 Å². The van der Waals surface area contributed by atoms with Gasteiger partial charge in [0.1, 0.15) is 5.82 Å². The first-order valence-corrected chi connectivity index (χ1v) is 11.2. The molecule has 168 valence electrons. The van der Waals surface area contributed by atoms with Crippen molar-refractivity contribution in [2.24, 2.45) is 0 Å². The minimum Gasteiger partial charge on any atom is -0.349 e. The van der Waals surface area contributed by atoms with Crippen molar-refractivity contribution < 1.29 is 18.8 Å². The number of amides is 3. The average Bonchev–Trinajstić information content (AvgIpc) is 2.81. The Kier molecular flexibility index (Phi) is 6.83. The molecule has 2 aromatic rings. The van der Waals surface area contributed by atoms with Crippen molar-refractivity contribution in [1.29, 1.82) is 0 Å². The van der Waals surface area contributed by atoms with E-state index in [-0.39, 0.29) is 24.3 Å². The lowest BCUT2D eigenvalue weighted by Crippen LogP contribution is -2.53. The number of hydrogen-bond donors (Lipinski definition) is 1. The molecule has 4 rings (SSSR count). The molecule has 1 aliphatic carbocycles. The van der Waals surface area contributed by atoms with Crippen LogP contribution >= 0.6 is 0 Å². The lowest BCUT2D eigenvalue weighted by atomic mass is 9.95. The van der Waals surface area contributed by atoms with Gasteiger partial charge < -0.3 is 15.1 Å². The maximum absolute atomic E-state index is 13.1. The van der Waals surface area contributed by atoms with E-state index in [1.165, 1.54) is 28.4 Å². The molecule has 2 fully saturated rings. The van der Waals surface area contributed by atoms with Gasteiger partial charge in [-0.05, 0) is 48.2 Å².